The molecular formula is C23H24ClN3O2S. The minimum atomic E-state index is 0.0118. The summed E-state index contributed by atoms with van der Waals surface area (Å²) in [5, 5.41) is 3.38. The molecule has 0 N–H and O–H groups in total. The fraction of sp³-hybridized carbons (Fsp3) is 0.304. The Morgan fingerprint density at radius 2 is 1.83 bits per heavy atom. The minimum absolute atomic E-state index is 0.0118. The van der Waals surface area contributed by atoms with Crippen molar-refractivity contribution in [1.29, 1.82) is 0 Å². The van der Waals surface area contributed by atoms with Crippen molar-refractivity contribution in [3.05, 3.63) is 70.2 Å². The van der Waals surface area contributed by atoms with E-state index in [9.17, 15) is 4.79 Å². The van der Waals surface area contributed by atoms with E-state index in [4.69, 9.17) is 16.3 Å². The van der Waals surface area contributed by atoms with Crippen LogP contribution in [-0.2, 0) is 6.54 Å². The second-order valence-corrected chi connectivity index (χ2v) is 8.61. The first kappa shape index (κ1) is 20.8. The van der Waals surface area contributed by atoms with Crippen molar-refractivity contribution >= 4 is 28.8 Å². The third-order valence-corrected chi connectivity index (χ3v) is 6.40. The molecule has 7 heteroatoms. The lowest BCUT2D eigenvalue weighted by Crippen LogP contribution is -2.35. The van der Waals surface area contributed by atoms with Gasteiger partial charge in [-0.15, -0.1) is 11.3 Å². The number of halogens is 1. The number of rotatable bonds is 5. The molecule has 0 atom stereocenters. The Kier molecular flexibility index (Phi) is 6.67. The average molecular weight is 442 g/mol. The smallest absolute Gasteiger partial charge is 0.273 e. The summed E-state index contributed by atoms with van der Waals surface area (Å²) in [5.74, 6) is 0.880. The number of benzene rings is 2. The molecule has 2 heterocycles. The predicted molar refractivity (Wildman–Crippen MR) is 121 cm³/mol. The molecule has 0 radical (unpaired) electrons. The zero-order valence-electron chi connectivity index (χ0n) is 16.9. The van der Waals surface area contributed by atoms with Crippen molar-refractivity contribution < 1.29 is 9.53 Å². The van der Waals surface area contributed by atoms with Gasteiger partial charge in [-0.1, -0.05) is 35.9 Å². The van der Waals surface area contributed by atoms with Gasteiger partial charge in [-0.3, -0.25) is 9.69 Å². The highest BCUT2D eigenvalue weighted by Gasteiger charge is 2.22. The first-order valence-corrected chi connectivity index (χ1v) is 11.2. The molecule has 3 aromatic rings. The first-order chi connectivity index (χ1) is 14.6. The van der Waals surface area contributed by atoms with Crippen LogP contribution in [0.2, 0.25) is 5.02 Å². The molecule has 1 saturated heterocycles. The van der Waals surface area contributed by atoms with E-state index in [-0.39, 0.29) is 5.91 Å². The zero-order chi connectivity index (χ0) is 20.9. The zero-order valence-corrected chi connectivity index (χ0v) is 18.5. The SMILES string of the molecule is COc1ccc(CN2CCCN(C(=O)c3csc(-c4ccc(Cl)cc4)n3)CC2)cc1. The molecule has 0 spiro atoms. The normalized spacial score (nSPS) is 15.1. The van der Waals surface area contributed by atoms with Crippen LogP contribution in [0.25, 0.3) is 10.6 Å². The Morgan fingerprint density at radius 1 is 1.07 bits per heavy atom. The lowest BCUT2D eigenvalue weighted by Gasteiger charge is -2.21. The molecule has 0 aliphatic carbocycles. The number of thiazole rings is 1. The van der Waals surface area contributed by atoms with Crippen LogP contribution in [0.15, 0.2) is 53.9 Å². The van der Waals surface area contributed by atoms with Crippen molar-refractivity contribution in [3.8, 4) is 16.3 Å². The van der Waals surface area contributed by atoms with Gasteiger partial charge in [0.1, 0.15) is 16.5 Å². The van der Waals surface area contributed by atoms with E-state index in [0.29, 0.717) is 17.3 Å². The number of carbonyl (C=O) groups excluding carboxylic acids is 1. The maximum atomic E-state index is 13.0. The molecule has 156 valence electrons. The molecule has 0 saturated carbocycles. The Labute approximate surface area is 185 Å². The van der Waals surface area contributed by atoms with Gasteiger partial charge in [-0.2, -0.15) is 0 Å². The van der Waals surface area contributed by atoms with Crippen LogP contribution in [0.4, 0.5) is 0 Å². The van der Waals surface area contributed by atoms with Crippen LogP contribution >= 0.6 is 22.9 Å². The van der Waals surface area contributed by atoms with Gasteiger partial charge < -0.3 is 9.64 Å². The van der Waals surface area contributed by atoms with E-state index < -0.39 is 0 Å². The summed E-state index contributed by atoms with van der Waals surface area (Å²) in [5.41, 5.74) is 2.75. The van der Waals surface area contributed by atoms with E-state index in [2.05, 4.69) is 22.0 Å². The summed E-state index contributed by atoms with van der Waals surface area (Å²) >= 11 is 7.45. The number of carbonyl (C=O) groups is 1. The van der Waals surface area contributed by atoms with Gasteiger partial charge >= 0.3 is 0 Å². The maximum absolute atomic E-state index is 13.0. The Morgan fingerprint density at radius 3 is 2.57 bits per heavy atom. The molecule has 1 aliphatic rings. The van der Waals surface area contributed by atoms with Crippen LogP contribution in [0.3, 0.4) is 0 Å². The number of methoxy groups -OCH3 is 1. The highest BCUT2D eigenvalue weighted by molar-refractivity contribution is 7.13. The van der Waals surface area contributed by atoms with Gasteiger partial charge in [0.05, 0.1) is 7.11 Å². The summed E-state index contributed by atoms with van der Waals surface area (Å²) in [6.07, 6.45) is 0.954. The van der Waals surface area contributed by atoms with Gasteiger partial charge in [0.15, 0.2) is 0 Å². The quantitative estimate of drug-likeness (QED) is 0.569. The van der Waals surface area contributed by atoms with Crippen molar-refractivity contribution in [1.82, 2.24) is 14.8 Å². The van der Waals surface area contributed by atoms with Gasteiger partial charge in [0.25, 0.3) is 5.91 Å². The summed E-state index contributed by atoms with van der Waals surface area (Å²) < 4.78 is 5.23. The highest BCUT2D eigenvalue weighted by atomic mass is 35.5. The largest absolute Gasteiger partial charge is 0.497 e. The van der Waals surface area contributed by atoms with Gasteiger partial charge in [-0.05, 0) is 36.2 Å². The lowest BCUT2D eigenvalue weighted by molar-refractivity contribution is 0.0756. The van der Waals surface area contributed by atoms with Gasteiger partial charge in [-0.25, -0.2) is 4.98 Å². The van der Waals surface area contributed by atoms with Crippen LogP contribution in [-0.4, -0.2) is 54.0 Å². The van der Waals surface area contributed by atoms with E-state index in [0.717, 1.165) is 48.9 Å². The van der Waals surface area contributed by atoms with Crippen LogP contribution in [0, 0.1) is 0 Å². The van der Waals surface area contributed by atoms with Gasteiger partial charge in [0, 0.05) is 48.7 Å². The topological polar surface area (TPSA) is 45.7 Å². The number of ether oxygens (including phenoxy) is 1. The van der Waals surface area contributed by atoms with E-state index in [1.165, 1.54) is 16.9 Å². The molecule has 2 aromatic carbocycles. The fourth-order valence-corrected chi connectivity index (χ4v) is 4.51. The molecule has 1 fully saturated rings. The molecule has 1 aromatic heterocycles. The summed E-state index contributed by atoms with van der Waals surface area (Å²) in [7, 11) is 1.68. The molecule has 0 unspecified atom stereocenters. The number of hydrogen-bond donors (Lipinski definition) is 0. The van der Waals surface area contributed by atoms with E-state index in [1.54, 1.807) is 7.11 Å². The molecule has 30 heavy (non-hydrogen) atoms. The second-order valence-electron chi connectivity index (χ2n) is 7.31. The molecule has 1 aliphatic heterocycles. The molecule has 1 amide bonds. The number of aromatic nitrogens is 1. The van der Waals surface area contributed by atoms with Gasteiger partial charge in [0.2, 0.25) is 0 Å². The number of amides is 1. The molecule has 0 bridgehead atoms. The van der Waals surface area contributed by atoms with Crippen molar-refractivity contribution in [2.24, 2.45) is 0 Å². The van der Waals surface area contributed by atoms with E-state index in [1.807, 2.05) is 46.7 Å². The Hall–Kier alpha value is -2.41. The maximum Gasteiger partial charge on any atom is 0.273 e. The number of nitrogens with zero attached hydrogens (tertiary/aromatic N) is 3. The van der Waals surface area contributed by atoms with Crippen molar-refractivity contribution in [3.63, 3.8) is 0 Å². The van der Waals surface area contributed by atoms with Crippen LogP contribution < -0.4 is 4.74 Å². The monoisotopic (exact) mass is 441 g/mol. The average Bonchev–Trinajstić information content (AvgIpc) is 3.15. The standard InChI is InChI=1S/C23H24ClN3O2S/c1-29-20-9-3-17(4-10-20)15-26-11-2-12-27(14-13-26)23(28)21-16-30-22(25-21)18-5-7-19(24)8-6-18/h3-10,16H,2,11-15H2,1H3. The Bertz CT molecular complexity index is 988. The second kappa shape index (κ2) is 9.60. The fourth-order valence-electron chi connectivity index (χ4n) is 3.58. The highest BCUT2D eigenvalue weighted by Crippen LogP contribution is 2.26. The summed E-state index contributed by atoms with van der Waals surface area (Å²) in [6, 6.07) is 15.7. The lowest BCUT2D eigenvalue weighted by atomic mass is 10.2. The van der Waals surface area contributed by atoms with Crippen molar-refractivity contribution in [2.45, 2.75) is 13.0 Å². The summed E-state index contributed by atoms with van der Waals surface area (Å²) in [4.78, 5) is 21.9. The molecule has 4 rings (SSSR count). The number of hydrogen-bond acceptors (Lipinski definition) is 5. The minimum Gasteiger partial charge on any atom is -0.497 e. The van der Waals surface area contributed by atoms with E-state index >= 15 is 0 Å². The predicted octanol–water partition coefficient (Wildman–Crippen LogP) is 4.82. The Balaban J connectivity index is 1.37. The van der Waals surface area contributed by atoms with Crippen molar-refractivity contribution in [2.75, 3.05) is 33.3 Å². The first-order valence-electron chi connectivity index (χ1n) is 9.98. The molecular weight excluding hydrogens is 418 g/mol. The third-order valence-electron chi connectivity index (χ3n) is 5.26. The summed E-state index contributed by atoms with van der Waals surface area (Å²) in [6.45, 7) is 4.17. The molecule has 5 nitrogen and oxygen atoms in total. The van der Waals surface area contributed by atoms with Crippen LogP contribution in [0.1, 0.15) is 22.5 Å². The third kappa shape index (κ3) is 5.01. The van der Waals surface area contributed by atoms with Crippen LogP contribution in [0.5, 0.6) is 5.75 Å².